The van der Waals surface area contributed by atoms with Gasteiger partial charge in [-0.15, -0.1) is 11.3 Å². The Morgan fingerprint density at radius 3 is 2.56 bits per heavy atom. The summed E-state index contributed by atoms with van der Waals surface area (Å²) in [4.78, 5) is 26.7. The van der Waals surface area contributed by atoms with Gasteiger partial charge in [-0.3, -0.25) is 9.59 Å². The fourth-order valence-corrected chi connectivity index (χ4v) is 5.64. The van der Waals surface area contributed by atoms with Crippen LogP contribution in [0.1, 0.15) is 15.2 Å². The van der Waals surface area contributed by atoms with Crippen molar-refractivity contribution in [3.05, 3.63) is 50.6 Å². The van der Waals surface area contributed by atoms with Gasteiger partial charge in [0.15, 0.2) is 0 Å². The molecule has 1 fully saturated rings. The summed E-state index contributed by atoms with van der Waals surface area (Å²) in [5.74, 6) is -0.515. The average Bonchev–Trinajstić information content (AvgIpc) is 3.06. The van der Waals surface area contributed by atoms with Crippen LogP contribution in [0, 0.1) is 0 Å². The molecule has 0 aliphatic carbocycles. The topological polar surface area (TPSA) is 86.8 Å². The van der Waals surface area contributed by atoms with Crippen molar-refractivity contribution in [3.63, 3.8) is 0 Å². The van der Waals surface area contributed by atoms with E-state index >= 15 is 0 Å². The van der Waals surface area contributed by atoms with E-state index in [1.54, 1.807) is 23.3 Å². The smallest absolute Gasteiger partial charge is 0.253 e. The van der Waals surface area contributed by atoms with Gasteiger partial charge in [-0.1, -0.05) is 0 Å². The number of carbonyl (C=O) groups excluding carboxylic acids is 2. The van der Waals surface area contributed by atoms with Gasteiger partial charge in [0.2, 0.25) is 15.9 Å². The van der Waals surface area contributed by atoms with E-state index in [-0.39, 0.29) is 36.3 Å². The van der Waals surface area contributed by atoms with Crippen LogP contribution in [0.3, 0.4) is 0 Å². The molecule has 10 heteroatoms. The molecule has 1 aromatic carbocycles. The van der Waals surface area contributed by atoms with E-state index in [0.29, 0.717) is 12.1 Å². The maximum absolute atomic E-state index is 12.6. The number of sulfonamides is 1. The van der Waals surface area contributed by atoms with Crippen molar-refractivity contribution in [1.82, 2.24) is 14.5 Å². The lowest BCUT2D eigenvalue weighted by atomic mass is 10.2. The predicted octanol–water partition coefficient (Wildman–Crippen LogP) is 1.90. The lowest BCUT2D eigenvalue weighted by Crippen LogP contribution is -2.49. The predicted molar refractivity (Wildman–Crippen MR) is 106 cm³/mol. The van der Waals surface area contributed by atoms with E-state index in [9.17, 15) is 18.0 Å². The molecule has 3 rings (SSSR count). The van der Waals surface area contributed by atoms with E-state index in [4.69, 9.17) is 0 Å². The van der Waals surface area contributed by atoms with Gasteiger partial charge in [-0.05, 0) is 52.3 Å². The lowest BCUT2D eigenvalue weighted by Gasteiger charge is -2.26. The number of hydrogen-bond acceptors (Lipinski definition) is 5. The monoisotopic (exact) mass is 471 g/mol. The standard InChI is InChI=1S/C17H18BrN3O4S2/c1-20(10-13-4-7-15(18)26-13)17(23)12-2-5-14(6-3-12)27(24,25)21-9-8-19-16(22)11-21/h2-7H,8-11H2,1H3,(H,19,22). The van der Waals surface area contributed by atoms with Crippen molar-refractivity contribution in [2.75, 3.05) is 26.7 Å². The minimum Gasteiger partial charge on any atom is -0.354 e. The molecule has 2 aromatic rings. The number of hydrogen-bond donors (Lipinski definition) is 1. The third-order valence-corrected chi connectivity index (χ3v) is 7.58. The first-order valence-electron chi connectivity index (χ1n) is 8.14. The number of thiophene rings is 1. The molecule has 2 heterocycles. The minimum atomic E-state index is -3.76. The number of rotatable bonds is 5. The van der Waals surface area contributed by atoms with Gasteiger partial charge in [-0.2, -0.15) is 4.31 Å². The van der Waals surface area contributed by atoms with Gasteiger partial charge in [0.25, 0.3) is 5.91 Å². The van der Waals surface area contributed by atoms with E-state index in [2.05, 4.69) is 21.2 Å². The van der Waals surface area contributed by atoms with Crippen molar-refractivity contribution in [2.45, 2.75) is 11.4 Å². The number of benzene rings is 1. The molecule has 1 aliphatic heterocycles. The molecular formula is C17H18BrN3O4S2. The summed E-state index contributed by atoms with van der Waals surface area (Å²) in [5.41, 5.74) is 0.406. The Morgan fingerprint density at radius 2 is 1.96 bits per heavy atom. The molecule has 27 heavy (non-hydrogen) atoms. The summed E-state index contributed by atoms with van der Waals surface area (Å²) in [5, 5.41) is 2.60. The number of carbonyl (C=O) groups is 2. The zero-order valence-corrected chi connectivity index (χ0v) is 17.7. The normalized spacial score (nSPS) is 15.4. The van der Waals surface area contributed by atoms with Crippen LogP contribution in [0.2, 0.25) is 0 Å². The van der Waals surface area contributed by atoms with Crippen molar-refractivity contribution in [3.8, 4) is 0 Å². The van der Waals surface area contributed by atoms with Crippen LogP contribution < -0.4 is 5.32 Å². The summed E-state index contributed by atoms with van der Waals surface area (Å²) < 4.78 is 27.4. The molecule has 1 aromatic heterocycles. The Bertz CT molecular complexity index is 957. The maximum Gasteiger partial charge on any atom is 0.253 e. The van der Waals surface area contributed by atoms with E-state index in [1.807, 2.05) is 12.1 Å². The molecule has 0 atom stereocenters. The van der Waals surface area contributed by atoms with Gasteiger partial charge in [0, 0.05) is 30.6 Å². The highest BCUT2D eigenvalue weighted by Crippen LogP contribution is 2.24. The second-order valence-corrected chi connectivity index (χ2v) is 10.6. The minimum absolute atomic E-state index is 0.0681. The van der Waals surface area contributed by atoms with Crippen molar-refractivity contribution in [2.24, 2.45) is 0 Å². The number of piperazine rings is 1. The van der Waals surface area contributed by atoms with Crippen LogP contribution in [0.15, 0.2) is 45.1 Å². The average molecular weight is 472 g/mol. The second-order valence-electron chi connectivity index (χ2n) is 6.08. The second kappa shape index (κ2) is 8.09. The van der Waals surface area contributed by atoms with Crippen molar-refractivity contribution >= 4 is 49.1 Å². The first kappa shape index (κ1) is 20.0. The molecule has 7 nitrogen and oxygen atoms in total. The zero-order chi connectivity index (χ0) is 19.6. The first-order chi connectivity index (χ1) is 12.8. The molecule has 0 radical (unpaired) electrons. The van der Waals surface area contributed by atoms with Crippen LogP contribution >= 0.6 is 27.3 Å². The fraction of sp³-hybridized carbons (Fsp3) is 0.294. The van der Waals surface area contributed by atoms with E-state index in [0.717, 1.165) is 13.0 Å². The molecule has 0 spiro atoms. The van der Waals surface area contributed by atoms with Gasteiger partial charge in [0.1, 0.15) is 0 Å². The number of amides is 2. The molecule has 0 unspecified atom stereocenters. The Hall–Kier alpha value is -1.75. The number of halogens is 1. The summed E-state index contributed by atoms with van der Waals surface area (Å²) in [6, 6.07) is 9.69. The summed E-state index contributed by atoms with van der Waals surface area (Å²) in [7, 11) is -2.06. The molecule has 2 amide bonds. The van der Waals surface area contributed by atoms with Crippen LogP contribution in [-0.4, -0.2) is 56.1 Å². The van der Waals surface area contributed by atoms with Gasteiger partial charge in [0.05, 0.1) is 21.8 Å². The van der Waals surface area contributed by atoms with Crippen molar-refractivity contribution in [1.29, 1.82) is 0 Å². The molecule has 0 saturated carbocycles. The SMILES string of the molecule is CN(Cc1ccc(Br)s1)C(=O)c1ccc(S(=O)(=O)N2CCNC(=O)C2)cc1. The van der Waals surface area contributed by atoms with Gasteiger partial charge >= 0.3 is 0 Å². The van der Waals surface area contributed by atoms with E-state index in [1.165, 1.54) is 24.3 Å². The summed E-state index contributed by atoms with van der Waals surface area (Å²) >= 11 is 4.95. The van der Waals surface area contributed by atoms with Crippen LogP contribution in [0.4, 0.5) is 0 Å². The highest BCUT2D eigenvalue weighted by Gasteiger charge is 2.29. The lowest BCUT2D eigenvalue weighted by molar-refractivity contribution is -0.122. The van der Waals surface area contributed by atoms with Crippen molar-refractivity contribution < 1.29 is 18.0 Å². The third-order valence-electron chi connectivity index (χ3n) is 4.11. The third kappa shape index (κ3) is 4.57. The molecule has 0 bridgehead atoms. The molecule has 1 N–H and O–H groups in total. The molecule has 1 saturated heterocycles. The van der Waals surface area contributed by atoms with Crippen LogP contribution in [0.5, 0.6) is 0 Å². The Kier molecular flexibility index (Phi) is 5.99. The Balaban J connectivity index is 1.72. The maximum atomic E-state index is 12.6. The van der Waals surface area contributed by atoms with Crippen LogP contribution in [0.25, 0.3) is 0 Å². The Morgan fingerprint density at radius 1 is 1.26 bits per heavy atom. The first-order valence-corrected chi connectivity index (χ1v) is 11.2. The fourth-order valence-electron chi connectivity index (χ4n) is 2.70. The zero-order valence-electron chi connectivity index (χ0n) is 14.5. The number of nitrogens with zero attached hydrogens (tertiary/aromatic N) is 2. The van der Waals surface area contributed by atoms with Crippen LogP contribution in [-0.2, 0) is 21.4 Å². The highest BCUT2D eigenvalue weighted by atomic mass is 79.9. The summed E-state index contributed by atoms with van der Waals surface area (Å²) in [6.45, 7) is 0.798. The largest absolute Gasteiger partial charge is 0.354 e. The Labute approximate surface area is 170 Å². The van der Waals surface area contributed by atoms with Gasteiger partial charge < -0.3 is 10.2 Å². The molecular weight excluding hydrogens is 454 g/mol. The van der Waals surface area contributed by atoms with E-state index < -0.39 is 10.0 Å². The quantitative estimate of drug-likeness (QED) is 0.721. The van der Waals surface area contributed by atoms with Gasteiger partial charge in [-0.25, -0.2) is 8.42 Å². The molecule has 1 aliphatic rings. The highest BCUT2D eigenvalue weighted by molar-refractivity contribution is 9.11. The molecule has 144 valence electrons. The number of nitrogens with one attached hydrogen (secondary N) is 1. The summed E-state index contributed by atoms with van der Waals surface area (Å²) in [6.07, 6.45) is 0.